The molecule has 3 nitrogen and oxygen atoms in total. The summed E-state index contributed by atoms with van der Waals surface area (Å²) in [4.78, 5) is 10.3. The van der Waals surface area contributed by atoms with Crippen LogP contribution in [0.5, 0.6) is 0 Å². The first kappa shape index (κ1) is 12.1. The van der Waals surface area contributed by atoms with Crippen LogP contribution in [0.4, 0.5) is 4.39 Å². The van der Waals surface area contributed by atoms with Gasteiger partial charge in [-0.25, -0.2) is 9.18 Å². The maximum Gasteiger partial charge on any atom is 0.332 e. The molecule has 5 heteroatoms. The van der Waals surface area contributed by atoms with Crippen LogP contribution in [0.2, 0.25) is 0 Å². The van der Waals surface area contributed by atoms with E-state index in [0.29, 0.717) is 5.56 Å². The minimum absolute atomic E-state index is 0.00269. The highest BCUT2D eigenvalue weighted by Crippen LogP contribution is 2.17. The van der Waals surface area contributed by atoms with Gasteiger partial charge in [-0.05, 0) is 36.6 Å². The molecular weight excluding hydrogens is 267 g/mol. The smallest absolute Gasteiger partial charge is 0.332 e. The highest BCUT2D eigenvalue weighted by atomic mass is 79.9. The fourth-order valence-electron chi connectivity index (χ4n) is 1.15. The Bertz CT molecular complexity index is 368. The molecule has 0 bridgehead atoms. The number of benzene rings is 1. The molecule has 82 valence electrons. The van der Waals surface area contributed by atoms with Gasteiger partial charge in [0.1, 0.15) is 5.82 Å². The van der Waals surface area contributed by atoms with Crippen molar-refractivity contribution >= 4 is 21.9 Å². The van der Waals surface area contributed by atoms with Gasteiger partial charge >= 0.3 is 5.97 Å². The number of halogens is 2. The van der Waals surface area contributed by atoms with E-state index in [9.17, 15) is 9.18 Å². The lowest BCUT2D eigenvalue weighted by Crippen LogP contribution is -2.20. The zero-order valence-corrected chi connectivity index (χ0v) is 9.37. The molecule has 1 aromatic rings. The molecule has 0 aliphatic heterocycles. The average Bonchev–Trinajstić information content (AvgIpc) is 2.18. The predicted molar refractivity (Wildman–Crippen MR) is 56.1 cm³/mol. The summed E-state index contributed by atoms with van der Waals surface area (Å²) in [6, 6.07) is 4.43. The maximum atomic E-state index is 13.2. The zero-order chi connectivity index (χ0) is 11.4. The number of aryl methyl sites for hydroxylation is 1. The average molecular weight is 277 g/mol. The monoisotopic (exact) mass is 276 g/mol. The molecule has 0 heterocycles. The van der Waals surface area contributed by atoms with Gasteiger partial charge < -0.3 is 10.2 Å². The summed E-state index contributed by atoms with van der Waals surface area (Å²) in [6.45, 7) is 0. The molecule has 0 amide bonds. The van der Waals surface area contributed by atoms with E-state index in [1.165, 1.54) is 6.07 Å². The van der Waals surface area contributed by atoms with Crippen LogP contribution >= 0.6 is 15.9 Å². The highest BCUT2D eigenvalue weighted by Gasteiger charge is 2.14. The molecule has 0 fully saturated rings. The lowest BCUT2D eigenvalue weighted by Gasteiger charge is -2.06. The number of aliphatic hydroxyl groups is 1. The minimum Gasteiger partial charge on any atom is -0.479 e. The molecule has 0 radical (unpaired) electrons. The fourth-order valence-corrected chi connectivity index (χ4v) is 1.56. The number of aliphatic hydroxyl groups excluding tert-OH is 1. The van der Waals surface area contributed by atoms with E-state index in [0.717, 1.165) is 4.47 Å². The Morgan fingerprint density at radius 2 is 2.20 bits per heavy atom. The number of carbonyl (C=O) groups is 1. The lowest BCUT2D eigenvalue weighted by atomic mass is 10.1. The van der Waals surface area contributed by atoms with E-state index in [-0.39, 0.29) is 12.8 Å². The van der Waals surface area contributed by atoms with Crippen LogP contribution in [0.3, 0.4) is 0 Å². The van der Waals surface area contributed by atoms with Gasteiger partial charge in [-0.3, -0.25) is 0 Å². The van der Waals surface area contributed by atoms with Crippen LogP contribution in [0.25, 0.3) is 0 Å². The summed E-state index contributed by atoms with van der Waals surface area (Å²) in [5.41, 5.74) is 0.393. The Morgan fingerprint density at radius 3 is 2.80 bits per heavy atom. The third kappa shape index (κ3) is 3.60. The van der Waals surface area contributed by atoms with E-state index >= 15 is 0 Å². The van der Waals surface area contributed by atoms with Crippen LogP contribution in [-0.4, -0.2) is 22.3 Å². The summed E-state index contributed by atoms with van der Waals surface area (Å²) in [5, 5.41) is 17.4. The predicted octanol–water partition coefficient (Wildman–Crippen LogP) is 1.97. The van der Waals surface area contributed by atoms with Crippen molar-refractivity contribution < 1.29 is 19.4 Å². The van der Waals surface area contributed by atoms with E-state index < -0.39 is 17.9 Å². The molecule has 0 saturated heterocycles. The SMILES string of the molecule is O=C(O)C(O)CCc1cc(Br)ccc1F. The standard InChI is InChI=1S/C10H10BrFO3/c11-7-2-3-8(12)6(5-7)1-4-9(13)10(14)15/h2-3,5,9,13H,1,4H2,(H,14,15). The van der Waals surface area contributed by atoms with Gasteiger partial charge in [-0.2, -0.15) is 0 Å². The molecular formula is C10H10BrFO3. The maximum absolute atomic E-state index is 13.2. The van der Waals surface area contributed by atoms with Crippen molar-refractivity contribution in [3.63, 3.8) is 0 Å². The molecule has 1 aromatic carbocycles. The number of carboxylic acids is 1. The number of aliphatic carboxylic acids is 1. The quantitative estimate of drug-likeness (QED) is 0.884. The molecule has 15 heavy (non-hydrogen) atoms. The van der Waals surface area contributed by atoms with Crippen molar-refractivity contribution in [2.45, 2.75) is 18.9 Å². The van der Waals surface area contributed by atoms with Crippen LogP contribution in [-0.2, 0) is 11.2 Å². The van der Waals surface area contributed by atoms with Crippen molar-refractivity contribution in [1.29, 1.82) is 0 Å². The van der Waals surface area contributed by atoms with Crippen molar-refractivity contribution in [3.05, 3.63) is 34.1 Å². The molecule has 1 unspecified atom stereocenters. The molecule has 0 aliphatic carbocycles. The van der Waals surface area contributed by atoms with E-state index in [2.05, 4.69) is 15.9 Å². The van der Waals surface area contributed by atoms with Gasteiger partial charge in [0.05, 0.1) is 0 Å². The van der Waals surface area contributed by atoms with Crippen LogP contribution in [0.1, 0.15) is 12.0 Å². The fraction of sp³-hybridized carbons (Fsp3) is 0.300. The first-order chi connectivity index (χ1) is 7.00. The first-order valence-electron chi connectivity index (χ1n) is 4.35. The number of rotatable bonds is 4. The van der Waals surface area contributed by atoms with Gasteiger partial charge in [0.2, 0.25) is 0 Å². The molecule has 0 spiro atoms. The third-order valence-electron chi connectivity index (χ3n) is 1.98. The van der Waals surface area contributed by atoms with Gasteiger partial charge in [-0.1, -0.05) is 15.9 Å². The Morgan fingerprint density at radius 1 is 1.53 bits per heavy atom. The summed E-state index contributed by atoms with van der Waals surface area (Å²) in [5.74, 6) is -1.68. The highest BCUT2D eigenvalue weighted by molar-refractivity contribution is 9.10. The molecule has 0 saturated carbocycles. The lowest BCUT2D eigenvalue weighted by molar-refractivity contribution is -0.146. The largest absolute Gasteiger partial charge is 0.479 e. The minimum atomic E-state index is -1.44. The van der Waals surface area contributed by atoms with Gasteiger partial charge in [0.15, 0.2) is 6.10 Å². The first-order valence-corrected chi connectivity index (χ1v) is 5.15. The van der Waals surface area contributed by atoms with Crippen LogP contribution in [0.15, 0.2) is 22.7 Å². The van der Waals surface area contributed by atoms with Crippen LogP contribution < -0.4 is 0 Å². The van der Waals surface area contributed by atoms with E-state index in [4.69, 9.17) is 10.2 Å². The topological polar surface area (TPSA) is 57.5 Å². The molecule has 1 atom stereocenters. The van der Waals surface area contributed by atoms with Crippen molar-refractivity contribution in [3.8, 4) is 0 Å². The molecule has 0 aromatic heterocycles. The second kappa shape index (κ2) is 5.23. The number of hydrogen-bond acceptors (Lipinski definition) is 2. The second-order valence-electron chi connectivity index (χ2n) is 3.13. The summed E-state index contributed by atoms with van der Waals surface area (Å²) in [6.07, 6.45) is -1.25. The molecule has 0 aliphatic rings. The number of carboxylic acid groups (broad SMARTS) is 1. The number of hydrogen-bond donors (Lipinski definition) is 2. The van der Waals surface area contributed by atoms with Crippen molar-refractivity contribution in [1.82, 2.24) is 0 Å². The molecule has 2 N–H and O–H groups in total. The molecule has 1 rings (SSSR count). The Labute approximate surface area is 94.7 Å². The van der Waals surface area contributed by atoms with E-state index in [1.54, 1.807) is 12.1 Å². The third-order valence-corrected chi connectivity index (χ3v) is 2.47. The summed E-state index contributed by atoms with van der Waals surface area (Å²) < 4.78 is 13.9. The van der Waals surface area contributed by atoms with E-state index in [1.807, 2.05) is 0 Å². The Balaban J connectivity index is 2.65. The van der Waals surface area contributed by atoms with Gasteiger partial charge in [0, 0.05) is 4.47 Å². The van der Waals surface area contributed by atoms with Gasteiger partial charge in [0.25, 0.3) is 0 Å². The summed E-state index contributed by atoms with van der Waals surface area (Å²) >= 11 is 3.19. The summed E-state index contributed by atoms with van der Waals surface area (Å²) in [7, 11) is 0. The van der Waals surface area contributed by atoms with Gasteiger partial charge in [-0.15, -0.1) is 0 Å². The van der Waals surface area contributed by atoms with Crippen molar-refractivity contribution in [2.75, 3.05) is 0 Å². The van der Waals surface area contributed by atoms with Crippen molar-refractivity contribution in [2.24, 2.45) is 0 Å². The normalized spacial score (nSPS) is 12.5. The second-order valence-corrected chi connectivity index (χ2v) is 4.04. The zero-order valence-electron chi connectivity index (χ0n) is 7.78. The van der Waals surface area contributed by atoms with Crippen LogP contribution in [0, 0.1) is 5.82 Å². The Hall–Kier alpha value is -0.940. The Kier molecular flexibility index (Phi) is 4.23.